The molecule has 1 unspecified atom stereocenters. The Morgan fingerprint density at radius 1 is 0.895 bits per heavy atom. The van der Waals surface area contributed by atoms with E-state index >= 15 is 0 Å². The molecule has 0 spiro atoms. The minimum atomic E-state index is 0.186. The second-order valence-electron chi connectivity index (χ2n) is 7.34. The van der Waals surface area contributed by atoms with Crippen LogP contribution in [0, 0.1) is 5.41 Å². The molecule has 2 nitrogen and oxygen atoms in total. The fourth-order valence-corrected chi connectivity index (χ4v) is 2.22. The number of hydrogen-bond acceptors (Lipinski definition) is 2. The molecule has 1 rings (SSSR count). The van der Waals surface area contributed by atoms with Crippen LogP contribution in [0.3, 0.4) is 0 Å². The van der Waals surface area contributed by atoms with Crippen LogP contribution in [0.25, 0.3) is 0 Å². The number of rotatable bonds is 5. The SMILES string of the molecule is CC(C)(C)NCCNC(c1ccccc1)C(C)(C)C. The van der Waals surface area contributed by atoms with Gasteiger partial charge in [0, 0.05) is 24.7 Å². The minimum absolute atomic E-state index is 0.186. The van der Waals surface area contributed by atoms with Crippen molar-refractivity contribution in [3.63, 3.8) is 0 Å². The number of nitrogens with one attached hydrogen (secondary N) is 2. The van der Waals surface area contributed by atoms with Gasteiger partial charge in [0.15, 0.2) is 0 Å². The van der Waals surface area contributed by atoms with Crippen LogP contribution in [-0.2, 0) is 0 Å². The average molecular weight is 262 g/mol. The molecule has 2 heteroatoms. The molecule has 1 aromatic carbocycles. The standard InChI is InChI=1S/C17H30N2/c1-16(2,3)15(14-10-8-7-9-11-14)18-12-13-19-17(4,5)6/h7-11,15,18-19H,12-13H2,1-6H3. The fourth-order valence-electron chi connectivity index (χ4n) is 2.22. The normalized spacial score (nSPS) is 14.4. The van der Waals surface area contributed by atoms with Gasteiger partial charge in [0.1, 0.15) is 0 Å². The fraction of sp³-hybridized carbons (Fsp3) is 0.647. The lowest BCUT2D eigenvalue weighted by molar-refractivity contribution is 0.269. The number of hydrogen-bond donors (Lipinski definition) is 2. The van der Waals surface area contributed by atoms with Crippen LogP contribution in [0.1, 0.15) is 53.1 Å². The zero-order chi connectivity index (χ0) is 14.5. The quantitative estimate of drug-likeness (QED) is 0.790. The van der Waals surface area contributed by atoms with Crippen LogP contribution in [0.15, 0.2) is 30.3 Å². The number of benzene rings is 1. The molecule has 0 aliphatic rings. The lowest BCUT2D eigenvalue weighted by atomic mass is 9.82. The van der Waals surface area contributed by atoms with Crippen molar-refractivity contribution in [2.45, 2.75) is 53.1 Å². The van der Waals surface area contributed by atoms with Gasteiger partial charge >= 0.3 is 0 Å². The molecule has 0 saturated heterocycles. The molecule has 108 valence electrons. The smallest absolute Gasteiger partial charge is 0.0369 e. The third-order valence-corrected chi connectivity index (χ3v) is 3.13. The monoisotopic (exact) mass is 262 g/mol. The van der Waals surface area contributed by atoms with E-state index in [9.17, 15) is 0 Å². The molecule has 1 atom stereocenters. The molecule has 0 saturated carbocycles. The second kappa shape index (κ2) is 6.53. The van der Waals surface area contributed by atoms with Crippen LogP contribution in [-0.4, -0.2) is 18.6 Å². The topological polar surface area (TPSA) is 24.1 Å². The Labute approximate surface area is 119 Å². The van der Waals surface area contributed by atoms with Crippen LogP contribution < -0.4 is 10.6 Å². The molecular formula is C17H30N2. The lowest BCUT2D eigenvalue weighted by Gasteiger charge is -2.33. The van der Waals surface area contributed by atoms with E-state index in [2.05, 4.69) is 82.5 Å². The van der Waals surface area contributed by atoms with Crippen molar-refractivity contribution in [1.29, 1.82) is 0 Å². The van der Waals surface area contributed by atoms with E-state index in [0.717, 1.165) is 13.1 Å². The van der Waals surface area contributed by atoms with Gasteiger partial charge in [-0.15, -0.1) is 0 Å². The summed E-state index contributed by atoms with van der Waals surface area (Å²) in [6.45, 7) is 15.4. The van der Waals surface area contributed by atoms with Crippen molar-refractivity contribution in [2.75, 3.05) is 13.1 Å². The Morgan fingerprint density at radius 3 is 1.95 bits per heavy atom. The summed E-state index contributed by atoms with van der Waals surface area (Å²) in [5.74, 6) is 0. The highest BCUT2D eigenvalue weighted by Crippen LogP contribution is 2.32. The van der Waals surface area contributed by atoms with E-state index in [1.165, 1.54) is 5.56 Å². The molecular weight excluding hydrogens is 232 g/mol. The van der Waals surface area contributed by atoms with E-state index in [1.807, 2.05) is 0 Å². The maximum atomic E-state index is 3.69. The predicted molar refractivity (Wildman–Crippen MR) is 84.4 cm³/mol. The van der Waals surface area contributed by atoms with Crippen molar-refractivity contribution in [1.82, 2.24) is 10.6 Å². The summed E-state index contributed by atoms with van der Waals surface area (Å²) >= 11 is 0. The highest BCUT2D eigenvalue weighted by atomic mass is 15.0. The summed E-state index contributed by atoms with van der Waals surface area (Å²) in [6.07, 6.45) is 0. The van der Waals surface area contributed by atoms with Crippen molar-refractivity contribution in [3.8, 4) is 0 Å². The summed E-state index contributed by atoms with van der Waals surface area (Å²) < 4.78 is 0. The maximum absolute atomic E-state index is 3.69. The van der Waals surface area contributed by atoms with Gasteiger partial charge in [-0.1, -0.05) is 51.1 Å². The van der Waals surface area contributed by atoms with Crippen LogP contribution in [0.5, 0.6) is 0 Å². The average Bonchev–Trinajstić information content (AvgIpc) is 2.26. The van der Waals surface area contributed by atoms with Crippen molar-refractivity contribution >= 4 is 0 Å². The van der Waals surface area contributed by atoms with Gasteiger partial charge < -0.3 is 10.6 Å². The Bertz CT molecular complexity index is 357. The molecule has 1 aromatic rings. The highest BCUT2D eigenvalue weighted by molar-refractivity contribution is 5.20. The first-order chi connectivity index (χ1) is 8.70. The lowest BCUT2D eigenvalue weighted by Crippen LogP contribution is -2.42. The van der Waals surface area contributed by atoms with Gasteiger partial charge in [0.2, 0.25) is 0 Å². The first kappa shape index (κ1) is 16.2. The molecule has 2 N–H and O–H groups in total. The van der Waals surface area contributed by atoms with E-state index in [0.29, 0.717) is 6.04 Å². The van der Waals surface area contributed by atoms with Crippen molar-refractivity contribution < 1.29 is 0 Å². The van der Waals surface area contributed by atoms with Crippen molar-refractivity contribution in [2.24, 2.45) is 5.41 Å². The van der Waals surface area contributed by atoms with Crippen LogP contribution in [0.4, 0.5) is 0 Å². The summed E-state index contributed by atoms with van der Waals surface area (Å²) in [5, 5.41) is 7.20. The molecule has 0 radical (unpaired) electrons. The first-order valence-electron chi connectivity index (χ1n) is 7.23. The Balaban J connectivity index is 2.58. The van der Waals surface area contributed by atoms with Gasteiger partial charge in [-0.2, -0.15) is 0 Å². The van der Waals surface area contributed by atoms with E-state index in [4.69, 9.17) is 0 Å². The molecule has 0 fully saturated rings. The third-order valence-electron chi connectivity index (χ3n) is 3.13. The molecule has 0 amide bonds. The second-order valence-corrected chi connectivity index (χ2v) is 7.34. The van der Waals surface area contributed by atoms with Crippen LogP contribution >= 0.6 is 0 Å². The van der Waals surface area contributed by atoms with Gasteiger partial charge in [-0.25, -0.2) is 0 Å². The summed E-state index contributed by atoms with van der Waals surface area (Å²) in [5.41, 5.74) is 1.76. The largest absolute Gasteiger partial charge is 0.311 e. The summed E-state index contributed by atoms with van der Waals surface area (Å²) in [4.78, 5) is 0. The summed E-state index contributed by atoms with van der Waals surface area (Å²) in [6, 6.07) is 11.1. The Hall–Kier alpha value is -0.860. The molecule has 0 aliphatic heterocycles. The van der Waals surface area contributed by atoms with Gasteiger partial charge in [0.25, 0.3) is 0 Å². The highest BCUT2D eigenvalue weighted by Gasteiger charge is 2.25. The van der Waals surface area contributed by atoms with Crippen LogP contribution in [0.2, 0.25) is 0 Å². The maximum Gasteiger partial charge on any atom is 0.0369 e. The molecule has 0 aromatic heterocycles. The van der Waals surface area contributed by atoms with Crippen molar-refractivity contribution in [3.05, 3.63) is 35.9 Å². The summed E-state index contributed by atoms with van der Waals surface area (Å²) in [7, 11) is 0. The predicted octanol–water partition coefficient (Wildman–Crippen LogP) is 3.75. The van der Waals surface area contributed by atoms with E-state index in [-0.39, 0.29) is 11.0 Å². The van der Waals surface area contributed by atoms with Gasteiger partial charge in [-0.3, -0.25) is 0 Å². The Morgan fingerprint density at radius 2 is 1.47 bits per heavy atom. The van der Waals surface area contributed by atoms with E-state index in [1.54, 1.807) is 0 Å². The van der Waals surface area contributed by atoms with Gasteiger partial charge in [-0.05, 0) is 31.7 Å². The Kier molecular flexibility index (Phi) is 5.57. The van der Waals surface area contributed by atoms with E-state index < -0.39 is 0 Å². The molecule has 0 heterocycles. The third kappa shape index (κ3) is 6.22. The zero-order valence-electron chi connectivity index (χ0n) is 13.4. The first-order valence-corrected chi connectivity index (χ1v) is 7.23. The minimum Gasteiger partial charge on any atom is -0.311 e. The zero-order valence-corrected chi connectivity index (χ0v) is 13.4. The molecule has 0 bridgehead atoms. The van der Waals surface area contributed by atoms with Gasteiger partial charge in [0.05, 0.1) is 0 Å². The molecule has 19 heavy (non-hydrogen) atoms. The molecule has 0 aliphatic carbocycles.